The van der Waals surface area contributed by atoms with Gasteiger partial charge in [-0.25, -0.2) is 0 Å². The fourth-order valence-electron chi connectivity index (χ4n) is 3.02. The van der Waals surface area contributed by atoms with Crippen molar-refractivity contribution in [3.05, 3.63) is 41.7 Å². The largest absolute Gasteiger partial charge is 1.00 e. The van der Waals surface area contributed by atoms with Crippen LogP contribution in [0.2, 0.25) is 0 Å². The molecule has 1 fully saturated rings. The van der Waals surface area contributed by atoms with Crippen LogP contribution in [0.15, 0.2) is 30.3 Å². The minimum absolute atomic E-state index is 0. The van der Waals surface area contributed by atoms with Crippen molar-refractivity contribution in [2.45, 2.75) is 44.6 Å². The van der Waals surface area contributed by atoms with Gasteiger partial charge in [0.05, 0.1) is 23.3 Å². The number of aromatic nitrogens is 4. The molecule has 6 heteroatoms. The van der Waals surface area contributed by atoms with Crippen LogP contribution in [0.4, 0.5) is 0 Å². The summed E-state index contributed by atoms with van der Waals surface area (Å²) in [7, 11) is 1.92. The van der Waals surface area contributed by atoms with Crippen molar-refractivity contribution in [1.82, 2.24) is 15.1 Å². The Labute approximate surface area is 147 Å². The van der Waals surface area contributed by atoms with E-state index < -0.39 is 0 Å². The monoisotopic (exact) mass is 412 g/mol. The normalized spacial score (nSPS) is 15.3. The van der Waals surface area contributed by atoms with Gasteiger partial charge in [0.2, 0.25) is 5.78 Å². The van der Waals surface area contributed by atoms with E-state index in [1.165, 1.54) is 36.9 Å². The van der Waals surface area contributed by atoms with Crippen molar-refractivity contribution >= 4 is 5.78 Å². The molecule has 0 bridgehead atoms. The predicted octanol–water partition coefficient (Wildman–Crippen LogP) is -0.963. The maximum atomic E-state index is 12.2. The van der Waals surface area contributed by atoms with Crippen LogP contribution in [0.1, 0.15) is 54.2 Å². The summed E-state index contributed by atoms with van der Waals surface area (Å²) in [6, 6.07) is 9.31. The van der Waals surface area contributed by atoms with Crippen LogP contribution >= 0.6 is 0 Å². The molecule has 2 aromatic rings. The minimum Gasteiger partial charge on any atom is -1.00 e. The molecule has 1 aliphatic rings. The Morgan fingerprint density at radius 2 is 1.91 bits per heavy atom. The Balaban J connectivity index is 0.00000176. The van der Waals surface area contributed by atoms with Crippen LogP contribution in [0, 0.1) is 0 Å². The van der Waals surface area contributed by atoms with Crippen molar-refractivity contribution in [2.24, 2.45) is 7.05 Å². The molecular weight excluding hydrogens is 391 g/mol. The molecule has 1 saturated carbocycles. The van der Waals surface area contributed by atoms with E-state index in [1.807, 2.05) is 42.1 Å². The molecule has 0 aliphatic heterocycles. The van der Waals surface area contributed by atoms with E-state index in [2.05, 4.69) is 10.3 Å². The van der Waals surface area contributed by atoms with E-state index in [0.29, 0.717) is 11.5 Å². The number of hydrogen-bond donors (Lipinski definition) is 0. The van der Waals surface area contributed by atoms with Crippen LogP contribution in [0.25, 0.3) is 0 Å². The van der Waals surface area contributed by atoms with E-state index in [-0.39, 0.29) is 36.3 Å². The molecular formula is C16H21IN4O. The van der Waals surface area contributed by atoms with Crippen molar-refractivity contribution in [1.29, 1.82) is 0 Å². The van der Waals surface area contributed by atoms with Gasteiger partial charge in [0.15, 0.2) is 6.54 Å². The van der Waals surface area contributed by atoms with Crippen LogP contribution < -0.4 is 28.7 Å². The third kappa shape index (κ3) is 3.91. The Kier molecular flexibility index (Phi) is 6.05. The molecule has 118 valence electrons. The highest BCUT2D eigenvalue weighted by molar-refractivity contribution is 5.95. The van der Waals surface area contributed by atoms with E-state index in [0.717, 1.165) is 5.82 Å². The molecule has 1 aromatic carbocycles. The number of hydrogen-bond acceptors (Lipinski definition) is 3. The number of halogens is 1. The standard InChI is InChI=1S/C16H21N4O.HI/c1-19-16(14-10-6-3-7-11-14)17-20(18-19)12-15(21)13-8-4-2-5-9-13;/h2,4-5,8-9,14H,3,6-7,10-12H2,1H3;1H/q+1;/p-1. The lowest BCUT2D eigenvalue weighted by atomic mass is 9.89. The zero-order chi connectivity index (χ0) is 14.7. The smallest absolute Gasteiger partial charge is 0.301 e. The molecule has 5 nitrogen and oxygen atoms in total. The van der Waals surface area contributed by atoms with E-state index in [4.69, 9.17) is 0 Å². The zero-order valence-electron chi connectivity index (χ0n) is 12.8. The number of ketones is 1. The van der Waals surface area contributed by atoms with Crippen molar-refractivity contribution in [2.75, 3.05) is 0 Å². The summed E-state index contributed by atoms with van der Waals surface area (Å²) < 4.78 is 1.83. The number of carbonyl (C=O) groups excluding carboxylic acids is 1. The van der Waals surface area contributed by atoms with Crippen LogP contribution in [0.5, 0.6) is 0 Å². The van der Waals surface area contributed by atoms with Crippen molar-refractivity contribution in [3.8, 4) is 0 Å². The Morgan fingerprint density at radius 3 is 2.59 bits per heavy atom. The fourth-order valence-corrected chi connectivity index (χ4v) is 3.02. The molecule has 0 N–H and O–H groups in total. The molecule has 22 heavy (non-hydrogen) atoms. The second-order valence-electron chi connectivity index (χ2n) is 5.73. The number of tetrazole rings is 1. The third-order valence-electron chi connectivity index (χ3n) is 4.14. The van der Waals surface area contributed by atoms with E-state index in [1.54, 1.807) is 0 Å². The topological polar surface area (TPSA) is 51.7 Å². The van der Waals surface area contributed by atoms with Gasteiger partial charge in [-0.15, -0.1) is 4.68 Å². The molecule has 0 atom stereocenters. The maximum absolute atomic E-state index is 12.2. The number of aryl methyl sites for hydroxylation is 1. The average molecular weight is 412 g/mol. The summed E-state index contributed by atoms with van der Waals surface area (Å²) >= 11 is 0. The van der Waals surface area contributed by atoms with E-state index in [9.17, 15) is 4.79 Å². The number of carbonyl (C=O) groups is 1. The number of Topliss-reactive ketones (excluding diaryl/α,β-unsaturated/α-hetero) is 1. The summed E-state index contributed by atoms with van der Waals surface area (Å²) in [5.74, 6) is 1.54. The quantitative estimate of drug-likeness (QED) is 0.369. The first-order valence-electron chi connectivity index (χ1n) is 7.63. The third-order valence-corrected chi connectivity index (χ3v) is 4.14. The van der Waals surface area contributed by atoms with Gasteiger partial charge in [-0.1, -0.05) is 49.6 Å². The molecule has 3 rings (SSSR count). The van der Waals surface area contributed by atoms with Gasteiger partial charge in [-0.2, -0.15) is 0 Å². The predicted molar refractivity (Wildman–Crippen MR) is 77.8 cm³/mol. The Bertz CT molecular complexity index is 620. The summed E-state index contributed by atoms with van der Waals surface area (Å²) in [6.45, 7) is 0.199. The number of rotatable bonds is 4. The molecule has 0 spiro atoms. The molecule has 1 heterocycles. The maximum Gasteiger partial charge on any atom is 0.301 e. The number of nitrogens with zero attached hydrogens (tertiary/aromatic N) is 4. The summed E-state index contributed by atoms with van der Waals surface area (Å²) in [6.07, 6.45) is 6.21. The first-order valence-corrected chi connectivity index (χ1v) is 7.63. The van der Waals surface area contributed by atoms with Gasteiger partial charge in [0.25, 0.3) is 0 Å². The summed E-state index contributed by atoms with van der Waals surface area (Å²) in [4.78, 5) is 13.7. The van der Waals surface area contributed by atoms with E-state index >= 15 is 0 Å². The SMILES string of the molecule is C[n+]1nn(CC(=O)c2ccccc2)nc1C1CCCCC1.[I-]. The van der Waals surface area contributed by atoms with Crippen LogP contribution in [-0.2, 0) is 13.6 Å². The zero-order valence-corrected chi connectivity index (χ0v) is 14.9. The van der Waals surface area contributed by atoms with Crippen molar-refractivity contribution < 1.29 is 33.5 Å². The van der Waals surface area contributed by atoms with Gasteiger partial charge in [-0.3, -0.25) is 4.79 Å². The molecule has 1 aliphatic carbocycles. The van der Waals surface area contributed by atoms with Crippen LogP contribution in [0.3, 0.4) is 0 Å². The lowest BCUT2D eigenvalue weighted by Gasteiger charge is -2.16. The van der Waals surface area contributed by atoms with Crippen LogP contribution in [-0.4, -0.2) is 20.9 Å². The lowest BCUT2D eigenvalue weighted by molar-refractivity contribution is -0.741. The highest BCUT2D eigenvalue weighted by Crippen LogP contribution is 2.29. The molecule has 0 amide bonds. The van der Waals surface area contributed by atoms with Gasteiger partial charge < -0.3 is 24.0 Å². The molecule has 1 aromatic heterocycles. The first kappa shape index (κ1) is 17.1. The summed E-state index contributed by atoms with van der Waals surface area (Å²) in [5, 5.41) is 8.90. The average Bonchev–Trinajstić information content (AvgIpc) is 2.89. The second-order valence-corrected chi connectivity index (χ2v) is 5.73. The highest BCUT2D eigenvalue weighted by Gasteiger charge is 2.28. The Morgan fingerprint density at radius 1 is 1.23 bits per heavy atom. The van der Waals surface area contributed by atoms with Gasteiger partial charge in [0, 0.05) is 5.56 Å². The van der Waals surface area contributed by atoms with Crippen molar-refractivity contribution in [3.63, 3.8) is 0 Å². The first-order chi connectivity index (χ1) is 10.2. The minimum atomic E-state index is 0. The van der Waals surface area contributed by atoms with Gasteiger partial charge in [-0.05, 0) is 17.6 Å². The Hall–Kier alpha value is -1.31. The van der Waals surface area contributed by atoms with Gasteiger partial charge >= 0.3 is 5.82 Å². The number of benzene rings is 1. The lowest BCUT2D eigenvalue weighted by Crippen LogP contribution is -3.00. The summed E-state index contributed by atoms with van der Waals surface area (Å²) in [5.41, 5.74) is 0.705. The second kappa shape index (κ2) is 7.80. The van der Waals surface area contributed by atoms with Gasteiger partial charge in [0.1, 0.15) is 0 Å². The fraction of sp³-hybridized carbons (Fsp3) is 0.500. The highest BCUT2D eigenvalue weighted by atomic mass is 127. The molecule has 0 radical (unpaired) electrons. The molecule has 0 unspecified atom stereocenters. The molecule has 0 saturated heterocycles.